The van der Waals surface area contributed by atoms with Gasteiger partial charge in [-0.1, -0.05) is 220 Å². The first-order valence-corrected chi connectivity index (χ1v) is 26.4. The van der Waals surface area contributed by atoms with Crippen LogP contribution in [0.1, 0.15) is 100 Å². The summed E-state index contributed by atoms with van der Waals surface area (Å²) in [6.45, 7) is 41.6. The van der Waals surface area contributed by atoms with Crippen molar-refractivity contribution in [3.63, 3.8) is 0 Å². The quantitative estimate of drug-likeness (QED) is 0.105. The lowest BCUT2D eigenvalue weighted by molar-refractivity contribution is 1.32. The topological polar surface area (TPSA) is 0 Å². The lowest BCUT2D eigenvalue weighted by atomic mass is 9.33. The molecule has 0 fully saturated rings. The van der Waals surface area contributed by atoms with Gasteiger partial charge in [0.2, 0.25) is 13.4 Å². The summed E-state index contributed by atoms with van der Waals surface area (Å²) in [5, 5.41) is 8.03. The fourth-order valence-electron chi connectivity index (χ4n) is 14.6. The molecule has 358 valence electrons. The van der Waals surface area contributed by atoms with E-state index in [-0.39, 0.29) is 13.4 Å². The maximum Gasteiger partial charge on any atom is 0.243 e. The summed E-state index contributed by atoms with van der Waals surface area (Å²) < 4.78 is 0. The highest BCUT2D eigenvalue weighted by Crippen LogP contribution is 2.44. The van der Waals surface area contributed by atoms with Crippen LogP contribution in [0.5, 0.6) is 0 Å². The highest BCUT2D eigenvalue weighted by atomic mass is 14.3. The lowest BCUT2D eigenvalue weighted by Crippen LogP contribution is -2.56. The Kier molecular flexibility index (Phi) is 12.3. The second kappa shape index (κ2) is 18.1. The van der Waals surface area contributed by atoms with Crippen molar-refractivity contribution in [3.05, 3.63) is 209 Å². The standard InChI is InChI=1S/C70H72B2/c1-37-23-43(7)63(44(8)24-37)59-35-61(71(67-47(11)27-39(3)28-48(67)12)68-49(13)29-40(4)30-50(68)14)57-22-20-56-60(64-45(9)25-38(2)26-46(64)10)36-62(58-21-19-55(59)65(57)66(56)58)72(69-51(15)31-41(5)32-52(69)16)70-53(17)33-42(6)34-54(70)18/h19-36H,1-18H3. The number of aryl methyl sites for hydroxylation is 18. The fourth-order valence-corrected chi connectivity index (χ4v) is 14.6. The van der Waals surface area contributed by atoms with Crippen LogP contribution in [0.15, 0.2) is 109 Å². The molecular formula is C70H72B2. The molecule has 0 heterocycles. The van der Waals surface area contributed by atoms with Gasteiger partial charge in [0, 0.05) is 0 Å². The molecule has 10 rings (SSSR count). The van der Waals surface area contributed by atoms with E-state index in [1.807, 2.05) is 0 Å². The Bertz CT molecular complexity index is 3390. The first-order valence-electron chi connectivity index (χ1n) is 26.4. The average Bonchev–Trinajstić information content (AvgIpc) is 3.25. The van der Waals surface area contributed by atoms with E-state index in [2.05, 4.69) is 234 Å². The normalized spacial score (nSPS) is 11.8. The van der Waals surface area contributed by atoms with Crippen molar-refractivity contribution in [1.29, 1.82) is 0 Å². The van der Waals surface area contributed by atoms with Crippen molar-refractivity contribution in [2.75, 3.05) is 0 Å². The smallest absolute Gasteiger partial charge is 0.0629 e. The van der Waals surface area contributed by atoms with E-state index < -0.39 is 0 Å². The first kappa shape index (κ1) is 49.0. The van der Waals surface area contributed by atoms with Crippen LogP contribution in [0, 0.1) is 125 Å². The van der Waals surface area contributed by atoms with Crippen molar-refractivity contribution in [1.82, 2.24) is 0 Å². The summed E-state index contributed by atoms with van der Waals surface area (Å²) in [6, 6.07) is 44.2. The number of hydrogen-bond acceptors (Lipinski definition) is 0. The van der Waals surface area contributed by atoms with Crippen molar-refractivity contribution >= 4 is 78.5 Å². The zero-order chi connectivity index (χ0) is 51.5. The second-order valence-electron chi connectivity index (χ2n) is 22.8. The predicted molar refractivity (Wildman–Crippen MR) is 321 cm³/mol. The summed E-state index contributed by atoms with van der Waals surface area (Å²) in [6.07, 6.45) is 0. The third-order valence-corrected chi connectivity index (χ3v) is 16.6. The van der Waals surface area contributed by atoms with Gasteiger partial charge < -0.3 is 0 Å². The highest BCUT2D eigenvalue weighted by Gasteiger charge is 2.35. The second-order valence-corrected chi connectivity index (χ2v) is 22.8. The van der Waals surface area contributed by atoms with Gasteiger partial charge >= 0.3 is 0 Å². The summed E-state index contributed by atoms with van der Waals surface area (Å²) in [4.78, 5) is 0. The van der Waals surface area contributed by atoms with Crippen molar-refractivity contribution in [3.8, 4) is 22.3 Å². The minimum absolute atomic E-state index is 0.00966. The Morgan fingerprint density at radius 1 is 0.222 bits per heavy atom. The van der Waals surface area contributed by atoms with Gasteiger partial charge in [0.15, 0.2) is 0 Å². The maximum atomic E-state index is 2.63. The van der Waals surface area contributed by atoms with Gasteiger partial charge in [-0.2, -0.15) is 0 Å². The van der Waals surface area contributed by atoms with Gasteiger partial charge in [0.05, 0.1) is 0 Å². The van der Waals surface area contributed by atoms with Crippen LogP contribution in [-0.4, -0.2) is 13.4 Å². The molecule has 0 aliphatic heterocycles. The summed E-state index contributed by atoms with van der Waals surface area (Å²) in [7, 11) is 0. The van der Waals surface area contributed by atoms with Gasteiger partial charge in [-0.3, -0.25) is 0 Å². The molecule has 0 radical (unpaired) electrons. The Morgan fingerprint density at radius 2 is 0.417 bits per heavy atom. The molecule has 0 unspecified atom stereocenters. The van der Waals surface area contributed by atoms with Crippen LogP contribution >= 0.6 is 0 Å². The molecule has 0 saturated carbocycles. The molecule has 0 atom stereocenters. The van der Waals surface area contributed by atoms with Gasteiger partial charge in [0.25, 0.3) is 0 Å². The molecule has 0 aliphatic carbocycles. The molecule has 0 N–H and O–H groups in total. The van der Waals surface area contributed by atoms with Crippen LogP contribution in [0.4, 0.5) is 0 Å². The molecule has 0 nitrogen and oxygen atoms in total. The van der Waals surface area contributed by atoms with E-state index in [0.717, 1.165) is 0 Å². The van der Waals surface area contributed by atoms with Gasteiger partial charge in [-0.25, -0.2) is 0 Å². The van der Waals surface area contributed by atoms with Crippen molar-refractivity contribution in [2.24, 2.45) is 0 Å². The van der Waals surface area contributed by atoms with Crippen LogP contribution in [0.2, 0.25) is 0 Å². The molecule has 2 heteroatoms. The van der Waals surface area contributed by atoms with E-state index in [9.17, 15) is 0 Å². The van der Waals surface area contributed by atoms with Crippen LogP contribution in [-0.2, 0) is 0 Å². The van der Waals surface area contributed by atoms with Crippen LogP contribution < -0.4 is 32.8 Å². The fraction of sp³-hybridized carbons (Fsp3) is 0.257. The van der Waals surface area contributed by atoms with Gasteiger partial charge in [-0.05, 0) is 201 Å². The molecule has 0 saturated heterocycles. The predicted octanol–water partition coefficient (Wildman–Crippen LogP) is 14.5. The number of hydrogen-bond donors (Lipinski definition) is 0. The maximum absolute atomic E-state index is 2.63. The zero-order valence-electron chi connectivity index (χ0n) is 46.5. The molecular weight excluding hydrogens is 862 g/mol. The van der Waals surface area contributed by atoms with Crippen molar-refractivity contribution < 1.29 is 0 Å². The third kappa shape index (κ3) is 8.02. The van der Waals surface area contributed by atoms with Crippen molar-refractivity contribution in [2.45, 2.75) is 125 Å². The van der Waals surface area contributed by atoms with Gasteiger partial charge in [0.1, 0.15) is 0 Å². The third-order valence-electron chi connectivity index (χ3n) is 16.6. The number of benzene rings is 10. The largest absolute Gasteiger partial charge is 0.243 e. The van der Waals surface area contributed by atoms with Crippen LogP contribution in [0.25, 0.3) is 54.6 Å². The Labute approximate surface area is 432 Å². The Hall–Kier alpha value is -6.63. The average molecular weight is 935 g/mol. The molecule has 0 spiro atoms. The van der Waals surface area contributed by atoms with E-state index in [1.54, 1.807) is 0 Å². The summed E-state index contributed by atoms with van der Waals surface area (Å²) >= 11 is 0. The Morgan fingerprint density at radius 3 is 0.639 bits per heavy atom. The zero-order valence-corrected chi connectivity index (χ0v) is 46.5. The molecule has 0 aliphatic rings. The van der Waals surface area contributed by atoms with Gasteiger partial charge in [-0.15, -0.1) is 0 Å². The summed E-state index contributed by atoms with van der Waals surface area (Å²) in [5.74, 6) is 0. The van der Waals surface area contributed by atoms with E-state index in [1.165, 1.54) is 187 Å². The lowest BCUT2D eigenvalue weighted by Gasteiger charge is -2.30. The first-order chi connectivity index (χ1) is 34.1. The van der Waals surface area contributed by atoms with E-state index in [4.69, 9.17) is 0 Å². The van der Waals surface area contributed by atoms with E-state index >= 15 is 0 Å². The van der Waals surface area contributed by atoms with E-state index in [0.29, 0.717) is 0 Å². The van der Waals surface area contributed by atoms with Crippen LogP contribution in [0.3, 0.4) is 0 Å². The Balaban J connectivity index is 1.49. The minimum atomic E-state index is -0.00966. The molecule has 0 amide bonds. The minimum Gasteiger partial charge on any atom is -0.0629 e. The molecule has 72 heavy (non-hydrogen) atoms. The molecule has 10 aromatic carbocycles. The molecule has 0 aromatic heterocycles. The summed E-state index contributed by atoms with van der Waals surface area (Å²) in [5.41, 5.74) is 37.6. The highest BCUT2D eigenvalue weighted by molar-refractivity contribution is 6.99. The molecule has 0 bridgehead atoms. The number of rotatable bonds is 8. The SMILES string of the molecule is Cc1cc(C)c(B(c2c(C)cc(C)cc2C)c2cc(-c3c(C)cc(C)cc3C)c3ccc4c(B(c5c(C)cc(C)cc5C)c5c(C)cc(C)cc5C)cc(-c5c(C)cc(C)cc5C)c5ccc2c3c45)c(C)c1. The monoisotopic (exact) mass is 935 g/mol. The molecule has 10 aromatic rings.